The number of nitriles is 1. The van der Waals surface area contributed by atoms with Gasteiger partial charge in [-0.25, -0.2) is 4.99 Å². The maximum Gasteiger partial charge on any atom is 0.237 e. The van der Waals surface area contributed by atoms with Crippen molar-refractivity contribution >= 4 is 12.1 Å². The van der Waals surface area contributed by atoms with Crippen LogP contribution in [0.2, 0.25) is 0 Å². The van der Waals surface area contributed by atoms with Crippen LogP contribution >= 0.6 is 0 Å². The van der Waals surface area contributed by atoms with Crippen LogP contribution in [0.1, 0.15) is 22.5 Å². The third-order valence-electron chi connectivity index (χ3n) is 3.22. The molecule has 0 bridgehead atoms. The number of rotatable bonds is 4. The molecule has 0 amide bonds. The van der Waals surface area contributed by atoms with Gasteiger partial charge in [0.25, 0.3) is 0 Å². The normalized spacial score (nSPS) is 10.6. The van der Waals surface area contributed by atoms with E-state index >= 15 is 0 Å². The van der Waals surface area contributed by atoms with Crippen molar-refractivity contribution in [2.45, 2.75) is 13.8 Å². The first-order chi connectivity index (χ1) is 10.1. The summed E-state index contributed by atoms with van der Waals surface area (Å²) in [5, 5.41) is 9.14. The van der Waals surface area contributed by atoms with Gasteiger partial charge in [-0.3, -0.25) is 0 Å². The van der Waals surface area contributed by atoms with E-state index in [-0.39, 0.29) is 0 Å². The molecule has 5 heteroatoms. The zero-order valence-corrected chi connectivity index (χ0v) is 12.4. The lowest BCUT2D eigenvalue weighted by atomic mass is 10.2. The van der Waals surface area contributed by atoms with Crippen LogP contribution in [0.4, 0.5) is 5.88 Å². The summed E-state index contributed by atoms with van der Waals surface area (Å²) < 4.78 is 15.9. The Morgan fingerprint density at radius 1 is 1.19 bits per heavy atom. The summed E-state index contributed by atoms with van der Waals surface area (Å²) in [4.78, 5) is 4.25. The Morgan fingerprint density at radius 3 is 2.52 bits per heavy atom. The maximum absolute atomic E-state index is 9.14. The summed E-state index contributed by atoms with van der Waals surface area (Å²) >= 11 is 0. The largest absolute Gasteiger partial charge is 0.493 e. The Kier molecular flexibility index (Phi) is 4.29. The molecule has 2 rings (SSSR count). The van der Waals surface area contributed by atoms with Crippen LogP contribution in [-0.2, 0) is 0 Å². The Labute approximate surface area is 123 Å². The zero-order chi connectivity index (χ0) is 15.4. The average Bonchev–Trinajstić information content (AvgIpc) is 2.79. The van der Waals surface area contributed by atoms with Crippen molar-refractivity contribution in [3.63, 3.8) is 0 Å². The Bertz CT molecular complexity index is 724. The predicted octanol–water partition coefficient (Wildman–Crippen LogP) is 3.54. The van der Waals surface area contributed by atoms with Gasteiger partial charge in [0.05, 0.1) is 14.2 Å². The molecule has 0 spiro atoms. The van der Waals surface area contributed by atoms with E-state index in [0.29, 0.717) is 28.7 Å². The quantitative estimate of drug-likeness (QED) is 0.805. The van der Waals surface area contributed by atoms with E-state index in [0.717, 1.165) is 11.1 Å². The first kappa shape index (κ1) is 14.7. The third-order valence-corrected chi connectivity index (χ3v) is 3.22. The highest BCUT2D eigenvalue weighted by molar-refractivity contribution is 5.83. The zero-order valence-electron chi connectivity index (χ0n) is 12.4. The molecule has 0 radical (unpaired) electrons. The van der Waals surface area contributed by atoms with Gasteiger partial charge in [-0.05, 0) is 37.6 Å². The van der Waals surface area contributed by atoms with Crippen LogP contribution in [-0.4, -0.2) is 20.4 Å². The Morgan fingerprint density at radius 2 is 1.90 bits per heavy atom. The number of benzene rings is 1. The molecule has 2 aromatic rings. The number of ether oxygens (including phenoxy) is 2. The van der Waals surface area contributed by atoms with Crippen LogP contribution in [0, 0.1) is 25.2 Å². The smallest absolute Gasteiger partial charge is 0.237 e. The van der Waals surface area contributed by atoms with Crippen molar-refractivity contribution in [1.29, 1.82) is 5.26 Å². The van der Waals surface area contributed by atoms with Crippen LogP contribution < -0.4 is 9.47 Å². The fraction of sp³-hybridized carbons (Fsp3) is 0.250. The highest BCUT2D eigenvalue weighted by Crippen LogP contribution is 2.29. The standard InChI is InChI=1S/C16H16N2O3/c1-10-11(2)21-16(13(10)8-17)18-9-12-5-6-14(19-3)15(7-12)20-4/h5-7,9H,1-4H3. The van der Waals surface area contributed by atoms with Crippen molar-refractivity contribution in [2.24, 2.45) is 4.99 Å². The Hall–Kier alpha value is -2.74. The highest BCUT2D eigenvalue weighted by Gasteiger charge is 2.13. The van der Waals surface area contributed by atoms with Gasteiger partial charge < -0.3 is 13.9 Å². The third kappa shape index (κ3) is 2.90. The number of aliphatic imine (C=N–C) groups is 1. The second kappa shape index (κ2) is 6.14. The van der Waals surface area contributed by atoms with Gasteiger partial charge in [-0.2, -0.15) is 5.26 Å². The fourth-order valence-corrected chi connectivity index (χ4v) is 1.90. The number of aryl methyl sites for hydroxylation is 1. The van der Waals surface area contributed by atoms with Crippen molar-refractivity contribution < 1.29 is 13.9 Å². The maximum atomic E-state index is 9.14. The lowest BCUT2D eigenvalue weighted by molar-refractivity contribution is 0.355. The molecule has 0 atom stereocenters. The summed E-state index contributed by atoms with van der Waals surface area (Å²) in [5.74, 6) is 2.29. The Balaban J connectivity index is 2.34. The molecule has 0 saturated heterocycles. The number of methoxy groups -OCH3 is 2. The molecule has 0 aliphatic heterocycles. The highest BCUT2D eigenvalue weighted by atomic mass is 16.5. The molecule has 108 valence electrons. The van der Waals surface area contributed by atoms with Crippen molar-refractivity contribution in [1.82, 2.24) is 0 Å². The molecule has 0 N–H and O–H groups in total. The molecule has 1 aromatic carbocycles. The predicted molar refractivity (Wildman–Crippen MR) is 79.7 cm³/mol. The number of furan rings is 1. The van der Waals surface area contributed by atoms with E-state index in [1.165, 1.54) is 0 Å². The second-order valence-corrected chi connectivity index (χ2v) is 4.45. The average molecular weight is 284 g/mol. The van der Waals surface area contributed by atoms with Crippen molar-refractivity contribution in [2.75, 3.05) is 14.2 Å². The molecular weight excluding hydrogens is 268 g/mol. The van der Waals surface area contributed by atoms with Gasteiger partial charge in [0.15, 0.2) is 11.5 Å². The second-order valence-electron chi connectivity index (χ2n) is 4.45. The topological polar surface area (TPSA) is 67.8 Å². The first-order valence-corrected chi connectivity index (χ1v) is 6.37. The molecular formula is C16H16N2O3. The summed E-state index contributed by atoms with van der Waals surface area (Å²) in [7, 11) is 3.16. The van der Waals surface area contributed by atoms with Gasteiger partial charge in [0, 0.05) is 11.8 Å². The molecule has 0 unspecified atom stereocenters. The van der Waals surface area contributed by atoms with E-state index in [9.17, 15) is 0 Å². The molecule has 1 aromatic heterocycles. The van der Waals surface area contributed by atoms with Gasteiger partial charge in [0.2, 0.25) is 5.88 Å². The van der Waals surface area contributed by atoms with Gasteiger partial charge in [-0.15, -0.1) is 0 Å². The lowest BCUT2D eigenvalue weighted by Crippen LogP contribution is -1.91. The molecule has 0 aliphatic rings. The van der Waals surface area contributed by atoms with Gasteiger partial charge in [0.1, 0.15) is 17.4 Å². The molecule has 0 saturated carbocycles. The fourth-order valence-electron chi connectivity index (χ4n) is 1.90. The monoisotopic (exact) mass is 284 g/mol. The van der Waals surface area contributed by atoms with E-state index in [1.807, 2.05) is 19.9 Å². The van der Waals surface area contributed by atoms with Crippen LogP contribution in [0.5, 0.6) is 11.5 Å². The first-order valence-electron chi connectivity index (χ1n) is 6.37. The van der Waals surface area contributed by atoms with Crippen LogP contribution in [0.3, 0.4) is 0 Å². The van der Waals surface area contributed by atoms with Gasteiger partial charge >= 0.3 is 0 Å². The van der Waals surface area contributed by atoms with E-state index < -0.39 is 0 Å². The molecule has 0 aliphatic carbocycles. The summed E-state index contributed by atoms with van der Waals surface area (Å²) in [6, 6.07) is 7.55. The van der Waals surface area contributed by atoms with E-state index in [1.54, 1.807) is 32.6 Å². The lowest BCUT2D eigenvalue weighted by Gasteiger charge is -2.07. The SMILES string of the molecule is COc1ccc(C=Nc2oc(C)c(C)c2C#N)cc1OC. The minimum Gasteiger partial charge on any atom is -0.493 e. The van der Waals surface area contributed by atoms with E-state index in [4.69, 9.17) is 19.2 Å². The van der Waals surface area contributed by atoms with Crippen LogP contribution in [0.15, 0.2) is 27.6 Å². The molecule has 0 fully saturated rings. The number of nitrogens with zero attached hydrogens (tertiary/aromatic N) is 2. The van der Waals surface area contributed by atoms with E-state index in [2.05, 4.69) is 11.1 Å². The molecule has 1 heterocycles. The van der Waals surface area contributed by atoms with Crippen molar-refractivity contribution in [3.8, 4) is 17.6 Å². The van der Waals surface area contributed by atoms with Crippen LogP contribution in [0.25, 0.3) is 0 Å². The summed E-state index contributed by atoms with van der Waals surface area (Å²) in [6.45, 7) is 3.65. The molecule has 5 nitrogen and oxygen atoms in total. The molecule has 21 heavy (non-hydrogen) atoms. The van der Waals surface area contributed by atoms with Crippen molar-refractivity contribution in [3.05, 3.63) is 40.6 Å². The number of hydrogen-bond acceptors (Lipinski definition) is 5. The number of hydrogen-bond donors (Lipinski definition) is 0. The minimum absolute atomic E-state index is 0.322. The summed E-state index contributed by atoms with van der Waals surface area (Å²) in [6.07, 6.45) is 1.63. The van der Waals surface area contributed by atoms with Gasteiger partial charge in [-0.1, -0.05) is 0 Å². The summed E-state index contributed by atoms with van der Waals surface area (Å²) in [5.41, 5.74) is 2.10. The minimum atomic E-state index is 0.322.